The number of fused-ring (bicyclic) bond motifs is 1. The highest BCUT2D eigenvalue weighted by Gasteiger charge is 2.59. The van der Waals surface area contributed by atoms with Crippen LogP contribution < -0.4 is 4.90 Å². The minimum atomic E-state index is -0.295. The molecule has 22 heavy (non-hydrogen) atoms. The lowest BCUT2D eigenvalue weighted by Crippen LogP contribution is -2.24. The molecule has 1 aromatic carbocycles. The van der Waals surface area contributed by atoms with Gasteiger partial charge in [-0.3, -0.25) is 0 Å². The molecule has 2 aliphatic rings. The first-order valence-electron chi connectivity index (χ1n) is 7.30. The van der Waals surface area contributed by atoms with Crippen LogP contribution in [0.3, 0.4) is 0 Å². The van der Waals surface area contributed by atoms with Crippen LogP contribution in [0.15, 0.2) is 42.6 Å². The van der Waals surface area contributed by atoms with E-state index in [9.17, 15) is 4.39 Å². The summed E-state index contributed by atoms with van der Waals surface area (Å²) in [6, 6.07) is 10.4. The van der Waals surface area contributed by atoms with E-state index in [4.69, 9.17) is 11.6 Å². The molecule has 1 aliphatic carbocycles. The van der Waals surface area contributed by atoms with Crippen LogP contribution in [-0.4, -0.2) is 18.1 Å². The monoisotopic (exact) mass is 312 g/mol. The van der Waals surface area contributed by atoms with Gasteiger partial charge in [0.15, 0.2) is 0 Å². The predicted molar refractivity (Wildman–Crippen MR) is 85.3 cm³/mol. The van der Waals surface area contributed by atoms with Gasteiger partial charge in [0.1, 0.15) is 11.5 Å². The Hall–Kier alpha value is -2.05. The molecule has 1 saturated carbocycles. The zero-order valence-corrected chi connectivity index (χ0v) is 12.6. The van der Waals surface area contributed by atoms with Crippen molar-refractivity contribution < 1.29 is 4.39 Å². The standard InChI is InChI=1S/C18H14ClFN2/c19-14-7-15(20)9-17(8-14)22-11-13-10-18(13,12-22)5-4-16-3-1-2-6-21-16/h1-3,6-9,13H,10-12H2. The average Bonchev–Trinajstić information content (AvgIpc) is 3.06. The Morgan fingerprint density at radius 1 is 1.32 bits per heavy atom. The number of hydrogen-bond acceptors (Lipinski definition) is 2. The van der Waals surface area contributed by atoms with Gasteiger partial charge in [0.2, 0.25) is 0 Å². The van der Waals surface area contributed by atoms with E-state index in [1.165, 1.54) is 12.1 Å². The van der Waals surface area contributed by atoms with E-state index < -0.39 is 0 Å². The smallest absolute Gasteiger partial charge is 0.126 e. The highest BCUT2D eigenvalue weighted by atomic mass is 35.5. The van der Waals surface area contributed by atoms with Gasteiger partial charge < -0.3 is 4.90 Å². The van der Waals surface area contributed by atoms with Gasteiger partial charge in [-0.2, -0.15) is 0 Å². The average molecular weight is 313 g/mol. The lowest BCUT2D eigenvalue weighted by molar-refractivity contribution is 0.626. The van der Waals surface area contributed by atoms with Crippen LogP contribution in [0.2, 0.25) is 5.02 Å². The van der Waals surface area contributed by atoms with Crippen molar-refractivity contribution in [2.45, 2.75) is 6.42 Å². The Morgan fingerprint density at radius 3 is 3.00 bits per heavy atom. The van der Waals surface area contributed by atoms with Gasteiger partial charge in [-0.15, -0.1) is 0 Å². The van der Waals surface area contributed by atoms with Gasteiger partial charge in [-0.1, -0.05) is 23.6 Å². The van der Waals surface area contributed by atoms with Gasteiger partial charge in [0.05, 0.1) is 5.41 Å². The first-order chi connectivity index (χ1) is 10.6. The molecule has 2 atom stereocenters. The van der Waals surface area contributed by atoms with E-state index >= 15 is 0 Å². The fourth-order valence-electron chi connectivity index (χ4n) is 3.22. The van der Waals surface area contributed by atoms with E-state index in [1.54, 1.807) is 6.20 Å². The predicted octanol–water partition coefficient (Wildman–Crippen LogP) is 3.75. The molecule has 1 saturated heterocycles. The molecule has 2 unspecified atom stereocenters. The molecule has 0 amide bonds. The van der Waals surface area contributed by atoms with Crippen molar-refractivity contribution in [1.82, 2.24) is 4.98 Å². The summed E-state index contributed by atoms with van der Waals surface area (Å²) in [6.07, 6.45) is 2.87. The van der Waals surface area contributed by atoms with Crippen molar-refractivity contribution in [3.63, 3.8) is 0 Å². The molecule has 0 spiro atoms. The van der Waals surface area contributed by atoms with Crippen molar-refractivity contribution in [1.29, 1.82) is 0 Å². The van der Waals surface area contributed by atoms with Crippen molar-refractivity contribution in [3.8, 4) is 11.8 Å². The number of piperidine rings is 1. The number of rotatable bonds is 1. The number of halogens is 2. The van der Waals surface area contributed by atoms with Crippen LogP contribution in [0.5, 0.6) is 0 Å². The minimum Gasteiger partial charge on any atom is -0.370 e. The summed E-state index contributed by atoms with van der Waals surface area (Å²) in [5.74, 6) is 6.84. The maximum Gasteiger partial charge on any atom is 0.126 e. The van der Waals surface area contributed by atoms with Gasteiger partial charge in [0.25, 0.3) is 0 Å². The lowest BCUT2D eigenvalue weighted by atomic mass is 10.1. The molecule has 0 radical (unpaired) electrons. The Bertz CT molecular complexity index is 760. The van der Waals surface area contributed by atoms with Gasteiger partial charge >= 0.3 is 0 Å². The summed E-state index contributed by atoms with van der Waals surface area (Å²) in [5, 5.41) is 0.434. The Morgan fingerprint density at radius 2 is 2.23 bits per heavy atom. The van der Waals surface area contributed by atoms with Crippen molar-refractivity contribution >= 4 is 17.3 Å². The van der Waals surface area contributed by atoms with Crippen LogP contribution in [0.1, 0.15) is 12.1 Å². The van der Waals surface area contributed by atoms with Gasteiger partial charge in [0, 0.05) is 30.0 Å². The highest BCUT2D eigenvalue weighted by molar-refractivity contribution is 6.30. The summed E-state index contributed by atoms with van der Waals surface area (Å²) < 4.78 is 13.5. The topological polar surface area (TPSA) is 16.1 Å². The summed E-state index contributed by atoms with van der Waals surface area (Å²) in [5.41, 5.74) is 1.68. The van der Waals surface area contributed by atoms with Gasteiger partial charge in [-0.25, -0.2) is 9.37 Å². The Kier molecular flexibility index (Phi) is 3.09. The number of benzene rings is 1. The molecule has 2 heterocycles. The van der Waals surface area contributed by atoms with Crippen LogP contribution in [0, 0.1) is 29.0 Å². The second kappa shape index (κ2) is 5.00. The summed E-state index contributed by atoms with van der Waals surface area (Å²) in [6.45, 7) is 1.74. The molecular weight excluding hydrogens is 299 g/mol. The third-order valence-corrected chi connectivity index (χ3v) is 4.68. The minimum absolute atomic E-state index is 0.0380. The van der Waals surface area contributed by atoms with E-state index in [0.717, 1.165) is 30.9 Å². The molecule has 0 N–H and O–H groups in total. The summed E-state index contributed by atoms with van der Waals surface area (Å²) >= 11 is 5.95. The first-order valence-corrected chi connectivity index (χ1v) is 7.68. The Balaban J connectivity index is 1.55. The number of pyridine rings is 1. The SMILES string of the molecule is Fc1cc(Cl)cc(N2CC3CC3(C#Cc3ccccn3)C2)c1. The molecule has 1 aromatic heterocycles. The first kappa shape index (κ1) is 13.6. The molecular formula is C18H14ClFN2. The van der Waals surface area contributed by atoms with Crippen LogP contribution >= 0.6 is 11.6 Å². The second-order valence-corrected chi connectivity index (χ2v) is 6.47. The molecule has 4 rings (SSSR count). The van der Waals surface area contributed by atoms with E-state index in [-0.39, 0.29) is 11.2 Å². The molecule has 1 aliphatic heterocycles. The number of hydrogen-bond donors (Lipinski definition) is 0. The van der Waals surface area contributed by atoms with E-state index in [1.807, 2.05) is 24.3 Å². The maximum absolute atomic E-state index is 13.5. The molecule has 2 aromatic rings. The van der Waals surface area contributed by atoms with Gasteiger partial charge in [-0.05, 0) is 48.6 Å². The lowest BCUT2D eigenvalue weighted by Gasteiger charge is -2.21. The molecule has 0 bridgehead atoms. The summed E-state index contributed by atoms with van der Waals surface area (Å²) in [4.78, 5) is 6.41. The third-order valence-electron chi connectivity index (χ3n) is 4.46. The highest BCUT2D eigenvalue weighted by Crippen LogP contribution is 2.58. The number of aromatic nitrogens is 1. The van der Waals surface area contributed by atoms with E-state index in [2.05, 4.69) is 21.7 Å². The zero-order chi connectivity index (χ0) is 15.2. The number of anilines is 1. The van der Waals surface area contributed by atoms with Crippen LogP contribution in [-0.2, 0) is 0 Å². The molecule has 4 heteroatoms. The fraction of sp³-hybridized carbons (Fsp3) is 0.278. The van der Waals surface area contributed by atoms with Crippen molar-refractivity contribution in [2.24, 2.45) is 11.3 Å². The quantitative estimate of drug-likeness (QED) is 0.746. The fourth-order valence-corrected chi connectivity index (χ4v) is 3.44. The maximum atomic E-state index is 13.5. The normalized spacial score (nSPS) is 25.4. The third kappa shape index (κ3) is 2.44. The largest absolute Gasteiger partial charge is 0.370 e. The number of nitrogens with zero attached hydrogens (tertiary/aromatic N) is 2. The second-order valence-electron chi connectivity index (χ2n) is 6.03. The molecule has 110 valence electrons. The summed E-state index contributed by atoms with van der Waals surface area (Å²) in [7, 11) is 0. The van der Waals surface area contributed by atoms with E-state index in [0.29, 0.717) is 10.9 Å². The zero-order valence-electron chi connectivity index (χ0n) is 11.9. The van der Waals surface area contributed by atoms with Crippen molar-refractivity contribution in [2.75, 3.05) is 18.0 Å². The van der Waals surface area contributed by atoms with Crippen molar-refractivity contribution in [3.05, 3.63) is 59.1 Å². The van der Waals surface area contributed by atoms with Crippen LogP contribution in [0.25, 0.3) is 0 Å². The van der Waals surface area contributed by atoms with Crippen LogP contribution in [0.4, 0.5) is 10.1 Å². The molecule has 2 fully saturated rings. The molecule has 2 nitrogen and oxygen atoms in total. The Labute approximate surface area is 133 Å².